The second-order valence-electron chi connectivity index (χ2n) is 7.92. The molecule has 3 aromatic rings. The number of benzene rings is 3. The second kappa shape index (κ2) is 8.67. The van der Waals surface area contributed by atoms with E-state index in [1.165, 1.54) is 12.7 Å². The predicted molar refractivity (Wildman–Crippen MR) is 116 cm³/mol. The van der Waals surface area contributed by atoms with E-state index in [9.17, 15) is 9.59 Å². The van der Waals surface area contributed by atoms with Crippen LogP contribution in [0.15, 0.2) is 66.7 Å². The van der Waals surface area contributed by atoms with Crippen molar-refractivity contribution in [3.8, 4) is 0 Å². The number of fused-ring (bicyclic) bond motifs is 2. The number of quaternary nitrogens is 1. The van der Waals surface area contributed by atoms with E-state index in [0.29, 0.717) is 13.0 Å². The minimum Gasteiger partial charge on any atom is -0.465 e. The molecule has 1 aliphatic rings. The van der Waals surface area contributed by atoms with Crippen LogP contribution in [-0.2, 0) is 27.3 Å². The Labute approximate surface area is 176 Å². The maximum absolute atomic E-state index is 12.9. The molecule has 3 aromatic carbocycles. The van der Waals surface area contributed by atoms with Crippen molar-refractivity contribution in [3.05, 3.63) is 83.4 Å². The Morgan fingerprint density at radius 1 is 1.03 bits per heavy atom. The van der Waals surface area contributed by atoms with Gasteiger partial charge in [0.15, 0.2) is 12.6 Å². The predicted octanol–water partition coefficient (Wildman–Crippen LogP) is 2.20. The van der Waals surface area contributed by atoms with Crippen LogP contribution < -0.4 is 10.2 Å². The molecule has 0 aliphatic carbocycles. The zero-order chi connectivity index (χ0) is 21.1. The van der Waals surface area contributed by atoms with Gasteiger partial charge < -0.3 is 15.0 Å². The number of carbonyl (C=O) groups excluding carboxylic acids is 2. The van der Waals surface area contributed by atoms with Crippen molar-refractivity contribution in [2.24, 2.45) is 0 Å². The first-order chi connectivity index (χ1) is 14.6. The Morgan fingerprint density at radius 3 is 2.53 bits per heavy atom. The van der Waals surface area contributed by atoms with E-state index in [4.69, 9.17) is 4.74 Å². The third-order valence-electron chi connectivity index (χ3n) is 5.99. The highest BCUT2D eigenvalue weighted by Gasteiger charge is 2.37. The Bertz CT molecular complexity index is 1070. The van der Waals surface area contributed by atoms with Crippen LogP contribution in [0.1, 0.15) is 29.7 Å². The smallest absolute Gasteiger partial charge is 0.365 e. The summed E-state index contributed by atoms with van der Waals surface area (Å²) in [7, 11) is 1.41. The van der Waals surface area contributed by atoms with E-state index < -0.39 is 0 Å². The number of rotatable bonds is 5. The number of nitrogens with one attached hydrogen (secondary N) is 2. The second-order valence-corrected chi connectivity index (χ2v) is 7.92. The minimum absolute atomic E-state index is 0.0706. The molecular formula is C25H27N2O3+. The maximum Gasteiger partial charge on any atom is 0.365 e. The Morgan fingerprint density at radius 2 is 1.73 bits per heavy atom. The number of methoxy groups -OCH3 is 1. The Balaban J connectivity index is 1.50. The molecule has 5 nitrogen and oxygen atoms in total. The summed E-state index contributed by atoms with van der Waals surface area (Å²) in [4.78, 5) is 26.2. The van der Waals surface area contributed by atoms with Crippen molar-refractivity contribution in [2.75, 3.05) is 13.7 Å². The zero-order valence-corrected chi connectivity index (χ0v) is 17.4. The molecule has 1 heterocycles. The lowest BCUT2D eigenvalue weighted by Gasteiger charge is -2.32. The molecular weight excluding hydrogens is 376 g/mol. The van der Waals surface area contributed by atoms with Crippen molar-refractivity contribution in [1.82, 2.24) is 5.32 Å². The molecule has 1 unspecified atom stereocenters. The van der Waals surface area contributed by atoms with Crippen LogP contribution in [0.5, 0.6) is 0 Å². The van der Waals surface area contributed by atoms with Gasteiger partial charge in [0.2, 0.25) is 0 Å². The topological polar surface area (TPSA) is 59.8 Å². The van der Waals surface area contributed by atoms with E-state index >= 15 is 0 Å². The fourth-order valence-electron chi connectivity index (χ4n) is 4.44. The first-order valence-electron chi connectivity index (χ1n) is 10.3. The lowest BCUT2D eigenvalue weighted by atomic mass is 9.94. The molecule has 5 heteroatoms. The summed E-state index contributed by atoms with van der Waals surface area (Å²) in [6, 6.07) is 21.9. The number of ether oxygens (including phenoxy) is 1. The van der Waals surface area contributed by atoms with Gasteiger partial charge in [-0.1, -0.05) is 66.7 Å². The summed E-state index contributed by atoms with van der Waals surface area (Å²) in [5.41, 5.74) is 3.42. The van der Waals surface area contributed by atoms with Crippen molar-refractivity contribution in [1.29, 1.82) is 0 Å². The highest BCUT2D eigenvalue weighted by atomic mass is 16.5. The highest BCUT2D eigenvalue weighted by Crippen LogP contribution is 2.24. The van der Waals surface area contributed by atoms with Gasteiger partial charge in [-0.2, -0.15) is 0 Å². The minimum atomic E-state index is -0.372. The first-order valence-corrected chi connectivity index (χ1v) is 10.3. The largest absolute Gasteiger partial charge is 0.465 e. The summed E-state index contributed by atoms with van der Waals surface area (Å²) in [5, 5.41) is 5.42. The van der Waals surface area contributed by atoms with Crippen LogP contribution in [0.4, 0.5) is 0 Å². The number of esters is 1. The molecule has 0 saturated carbocycles. The van der Waals surface area contributed by atoms with E-state index in [-0.39, 0.29) is 30.5 Å². The van der Waals surface area contributed by atoms with Crippen molar-refractivity contribution in [2.45, 2.75) is 32.0 Å². The van der Waals surface area contributed by atoms with Gasteiger partial charge >= 0.3 is 5.97 Å². The van der Waals surface area contributed by atoms with Crippen molar-refractivity contribution in [3.63, 3.8) is 0 Å². The molecule has 0 bridgehead atoms. The Kier molecular flexibility index (Phi) is 5.81. The molecule has 30 heavy (non-hydrogen) atoms. The lowest BCUT2D eigenvalue weighted by Crippen LogP contribution is -3.17. The van der Waals surface area contributed by atoms with Gasteiger partial charge in [-0.05, 0) is 28.8 Å². The van der Waals surface area contributed by atoms with Crippen molar-refractivity contribution < 1.29 is 19.2 Å². The summed E-state index contributed by atoms with van der Waals surface area (Å²) in [5.74, 6) is -0.340. The highest BCUT2D eigenvalue weighted by molar-refractivity contribution is 5.87. The molecule has 0 aromatic heterocycles. The zero-order valence-electron chi connectivity index (χ0n) is 17.4. The molecule has 154 valence electrons. The van der Waals surface area contributed by atoms with Gasteiger partial charge in [-0.3, -0.25) is 4.79 Å². The molecule has 1 amide bonds. The standard InChI is InChI=1S/C25H26N2O3/c1-17(21-13-7-11-18-8-5-6-12-22(18)21)26-24(28)16-27-15-20-10-4-3-9-19(20)14-23(27)25(29)30-2/h3-13,17,23H,14-16H2,1-2H3,(H,26,28)/p+1/t17-,23+/m0/s1. The molecule has 0 fully saturated rings. The number of hydrogen-bond donors (Lipinski definition) is 2. The van der Waals surface area contributed by atoms with Crippen LogP contribution in [0.3, 0.4) is 0 Å². The van der Waals surface area contributed by atoms with E-state index in [2.05, 4.69) is 35.6 Å². The molecule has 4 rings (SSSR count). The SMILES string of the molecule is COC(=O)[C@H]1Cc2ccccc2C[NH+]1CC(=O)N[C@@H](C)c1cccc2ccccc12. The van der Waals surface area contributed by atoms with Gasteiger partial charge in [0.1, 0.15) is 6.54 Å². The van der Waals surface area contributed by atoms with Gasteiger partial charge in [-0.15, -0.1) is 0 Å². The third kappa shape index (κ3) is 4.07. The first kappa shape index (κ1) is 20.1. The Hall–Kier alpha value is -3.18. The summed E-state index contributed by atoms with van der Waals surface area (Å²) >= 11 is 0. The molecule has 0 radical (unpaired) electrons. The van der Waals surface area contributed by atoms with Gasteiger partial charge in [0.05, 0.1) is 13.2 Å². The monoisotopic (exact) mass is 403 g/mol. The molecule has 0 saturated heterocycles. The quantitative estimate of drug-likeness (QED) is 0.642. The molecule has 0 spiro atoms. The van der Waals surface area contributed by atoms with Crippen LogP contribution in [0, 0.1) is 0 Å². The molecule has 1 aliphatic heterocycles. The van der Waals surface area contributed by atoms with Gasteiger partial charge in [0.25, 0.3) is 5.91 Å². The fourth-order valence-corrected chi connectivity index (χ4v) is 4.44. The van der Waals surface area contributed by atoms with E-state index in [1.807, 2.05) is 43.3 Å². The maximum atomic E-state index is 12.9. The molecule has 3 atom stereocenters. The van der Waals surface area contributed by atoms with Crippen LogP contribution in [0.25, 0.3) is 10.8 Å². The summed E-state index contributed by atoms with van der Waals surface area (Å²) < 4.78 is 5.02. The lowest BCUT2D eigenvalue weighted by molar-refractivity contribution is -0.924. The van der Waals surface area contributed by atoms with Gasteiger partial charge in [-0.25, -0.2) is 4.79 Å². The number of carbonyl (C=O) groups is 2. The normalized spacial score (nSPS) is 19.0. The number of amides is 1. The average molecular weight is 404 g/mol. The molecule has 2 N–H and O–H groups in total. The fraction of sp³-hybridized carbons (Fsp3) is 0.280. The average Bonchev–Trinajstić information content (AvgIpc) is 2.77. The van der Waals surface area contributed by atoms with E-state index in [0.717, 1.165) is 26.8 Å². The summed E-state index contributed by atoms with van der Waals surface area (Å²) in [6.45, 7) is 2.85. The van der Waals surface area contributed by atoms with Crippen LogP contribution in [0.2, 0.25) is 0 Å². The number of hydrogen-bond acceptors (Lipinski definition) is 3. The van der Waals surface area contributed by atoms with Crippen molar-refractivity contribution >= 4 is 22.6 Å². The van der Waals surface area contributed by atoms with Gasteiger partial charge in [0, 0.05) is 12.0 Å². The van der Waals surface area contributed by atoms with Crippen LogP contribution >= 0.6 is 0 Å². The summed E-state index contributed by atoms with van der Waals surface area (Å²) in [6.07, 6.45) is 0.588. The van der Waals surface area contributed by atoms with Crippen LogP contribution in [-0.4, -0.2) is 31.6 Å². The van der Waals surface area contributed by atoms with E-state index in [1.54, 1.807) is 0 Å². The third-order valence-corrected chi connectivity index (χ3v) is 5.99.